The Morgan fingerprint density at radius 3 is 2.65 bits per heavy atom. The molecule has 23 heavy (non-hydrogen) atoms. The molecule has 0 bridgehead atoms. The van der Waals surface area contributed by atoms with Crippen LogP contribution in [0.4, 0.5) is 5.69 Å². The third-order valence-electron chi connectivity index (χ3n) is 3.13. The van der Waals surface area contributed by atoms with Crippen LogP contribution in [0.15, 0.2) is 42.9 Å². The van der Waals surface area contributed by atoms with Crippen molar-refractivity contribution in [3.63, 3.8) is 0 Å². The average Bonchev–Trinajstić information content (AvgIpc) is 2.98. The molecule has 0 aromatic carbocycles. The van der Waals surface area contributed by atoms with Crippen molar-refractivity contribution in [2.24, 2.45) is 0 Å². The molecule has 0 aliphatic carbocycles. The first-order valence-corrected chi connectivity index (χ1v) is 7.68. The number of anilines is 1. The summed E-state index contributed by atoms with van der Waals surface area (Å²) in [6.07, 6.45) is 4.96. The first-order chi connectivity index (χ1) is 11.2. The van der Waals surface area contributed by atoms with E-state index in [1.807, 2.05) is 19.1 Å². The molecule has 0 unspecified atom stereocenters. The van der Waals surface area contributed by atoms with Gasteiger partial charge in [-0.2, -0.15) is 0 Å². The van der Waals surface area contributed by atoms with Crippen molar-refractivity contribution in [1.82, 2.24) is 15.0 Å². The lowest BCUT2D eigenvalue weighted by Gasteiger charge is -2.04. The Morgan fingerprint density at radius 2 is 2.00 bits per heavy atom. The van der Waals surface area contributed by atoms with Gasteiger partial charge in [-0.05, 0) is 25.1 Å². The minimum Gasteiger partial charge on any atom is -0.481 e. The second kappa shape index (κ2) is 6.53. The zero-order valence-corrected chi connectivity index (χ0v) is 13.4. The summed E-state index contributed by atoms with van der Waals surface area (Å²) in [7, 11) is 1.54. The molecule has 116 valence electrons. The summed E-state index contributed by atoms with van der Waals surface area (Å²) < 4.78 is 4.99. The van der Waals surface area contributed by atoms with Crippen LogP contribution in [0.3, 0.4) is 0 Å². The Hall–Kier alpha value is -2.80. The summed E-state index contributed by atoms with van der Waals surface area (Å²) in [5, 5.41) is 3.61. The second-order valence-electron chi connectivity index (χ2n) is 4.71. The zero-order chi connectivity index (χ0) is 16.2. The number of thiazole rings is 1. The van der Waals surface area contributed by atoms with Gasteiger partial charge in [0.1, 0.15) is 9.88 Å². The normalized spacial score (nSPS) is 10.3. The van der Waals surface area contributed by atoms with Crippen molar-refractivity contribution in [2.45, 2.75) is 6.92 Å². The van der Waals surface area contributed by atoms with E-state index in [1.165, 1.54) is 11.3 Å². The number of carbonyl (C=O) groups is 1. The predicted molar refractivity (Wildman–Crippen MR) is 88.8 cm³/mol. The maximum absolute atomic E-state index is 12.4. The standard InChI is InChI=1S/C16H14N4O2S/c1-10-14(23-16(19-10)11-5-7-17-8-6-11)15(21)20-12-3-4-13(22-2)18-9-12/h3-9H,1-2H3,(H,20,21). The fourth-order valence-corrected chi connectivity index (χ4v) is 2.95. The highest BCUT2D eigenvalue weighted by Crippen LogP contribution is 2.28. The molecular weight excluding hydrogens is 312 g/mol. The minimum atomic E-state index is -0.202. The van der Waals surface area contributed by atoms with Gasteiger partial charge in [-0.3, -0.25) is 9.78 Å². The molecule has 0 aliphatic rings. The van der Waals surface area contributed by atoms with E-state index in [2.05, 4.69) is 20.3 Å². The fourth-order valence-electron chi connectivity index (χ4n) is 1.99. The number of rotatable bonds is 4. The van der Waals surface area contributed by atoms with Gasteiger partial charge >= 0.3 is 0 Å². The van der Waals surface area contributed by atoms with Crippen LogP contribution in [0.1, 0.15) is 15.4 Å². The Labute approximate surface area is 137 Å². The molecule has 0 spiro atoms. The van der Waals surface area contributed by atoms with Crippen LogP contribution in [-0.4, -0.2) is 28.0 Å². The van der Waals surface area contributed by atoms with Crippen LogP contribution in [0.2, 0.25) is 0 Å². The molecular formula is C16H14N4O2S. The van der Waals surface area contributed by atoms with Crippen LogP contribution in [-0.2, 0) is 0 Å². The van der Waals surface area contributed by atoms with Gasteiger partial charge in [-0.15, -0.1) is 11.3 Å². The van der Waals surface area contributed by atoms with Gasteiger partial charge in [0.15, 0.2) is 0 Å². The van der Waals surface area contributed by atoms with Gasteiger partial charge in [0.05, 0.1) is 24.7 Å². The number of aromatic nitrogens is 3. The van der Waals surface area contributed by atoms with E-state index in [4.69, 9.17) is 4.74 Å². The van der Waals surface area contributed by atoms with Crippen LogP contribution in [0, 0.1) is 6.92 Å². The van der Waals surface area contributed by atoms with Crippen LogP contribution in [0.25, 0.3) is 10.6 Å². The Balaban J connectivity index is 1.81. The topological polar surface area (TPSA) is 77.0 Å². The molecule has 0 aliphatic heterocycles. The van der Waals surface area contributed by atoms with E-state index in [-0.39, 0.29) is 5.91 Å². The number of pyridine rings is 2. The first-order valence-electron chi connectivity index (χ1n) is 6.86. The second-order valence-corrected chi connectivity index (χ2v) is 5.71. The summed E-state index contributed by atoms with van der Waals surface area (Å²) in [5.41, 5.74) is 2.24. The predicted octanol–water partition coefficient (Wildman–Crippen LogP) is 3.17. The van der Waals surface area contributed by atoms with Gasteiger partial charge in [-0.25, -0.2) is 9.97 Å². The highest BCUT2D eigenvalue weighted by atomic mass is 32.1. The number of nitrogens with zero attached hydrogens (tertiary/aromatic N) is 3. The van der Waals surface area contributed by atoms with Crippen molar-refractivity contribution in [2.75, 3.05) is 12.4 Å². The number of hydrogen-bond donors (Lipinski definition) is 1. The quantitative estimate of drug-likeness (QED) is 0.797. The molecule has 0 saturated carbocycles. The van der Waals surface area contributed by atoms with Crippen molar-refractivity contribution in [3.05, 3.63) is 53.4 Å². The lowest BCUT2D eigenvalue weighted by atomic mass is 10.3. The molecule has 3 heterocycles. The highest BCUT2D eigenvalue weighted by Gasteiger charge is 2.16. The van der Waals surface area contributed by atoms with Crippen molar-refractivity contribution >= 4 is 22.9 Å². The number of aryl methyl sites for hydroxylation is 1. The number of methoxy groups -OCH3 is 1. The van der Waals surface area contributed by atoms with E-state index < -0.39 is 0 Å². The molecule has 1 amide bonds. The molecule has 1 N–H and O–H groups in total. The number of nitrogens with one attached hydrogen (secondary N) is 1. The SMILES string of the molecule is COc1ccc(NC(=O)c2sc(-c3ccncc3)nc2C)cn1. The summed E-state index contributed by atoms with van der Waals surface area (Å²) >= 11 is 1.35. The Bertz CT molecular complexity index is 816. The molecule has 6 nitrogen and oxygen atoms in total. The van der Waals surface area contributed by atoms with Crippen LogP contribution < -0.4 is 10.1 Å². The smallest absolute Gasteiger partial charge is 0.267 e. The number of carbonyl (C=O) groups excluding carboxylic acids is 1. The molecule has 0 atom stereocenters. The largest absolute Gasteiger partial charge is 0.481 e. The van der Waals surface area contributed by atoms with Crippen molar-refractivity contribution in [1.29, 1.82) is 0 Å². The average molecular weight is 326 g/mol. The number of hydrogen-bond acceptors (Lipinski definition) is 6. The van der Waals surface area contributed by atoms with Crippen LogP contribution >= 0.6 is 11.3 Å². The third kappa shape index (κ3) is 3.35. The summed E-state index contributed by atoms with van der Waals surface area (Å²) in [5.74, 6) is 0.296. The number of ether oxygens (including phenoxy) is 1. The summed E-state index contributed by atoms with van der Waals surface area (Å²) in [6.45, 7) is 1.82. The van der Waals surface area contributed by atoms with E-state index in [0.717, 1.165) is 10.6 Å². The monoisotopic (exact) mass is 326 g/mol. The minimum absolute atomic E-state index is 0.202. The third-order valence-corrected chi connectivity index (χ3v) is 4.34. The molecule has 0 radical (unpaired) electrons. The molecule has 3 aromatic heterocycles. The van der Waals surface area contributed by atoms with Gasteiger partial charge in [0.25, 0.3) is 5.91 Å². The lowest BCUT2D eigenvalue weighted by Crippen LogP contribution is -2.11. The summed E-state index contributed by atoms with van der Waals surface area (Å²) in [6, 6.07) is 7.17. The molecule has 3 rings (SSSR count). The molecule has 7 heteroatoms. The lowest BCUT2D eigenvalue weighted by molar-refractivity contribution is 0.102. The Morgan fingerprint density at radius 1 is 1.22 bits per heavy atom. The fraction of sp³-hybridized carbons (Fsp3) is 0.125. The van der Waals surface area contributed by atoms with Gasteiger partial charge in [-0.1, -0.05) is 0 Å². The van der Waals surface area contributed by atoms with Gasteiger partial charge < -0.3 is 10.1 Å². The summed E-state index contributed by atoms with van der Waals surface area (Å²) in [4.78, 5) is 25.5. The zero-order valence-electron chi connectivity index (χ0n) is 12.6. The van der Waals surface area contributed by atoms with E-state index >= 15 is 0 Å². The van der Waals surface area contributed by atoms with E-state index in [9.17, 15) is 4.79 Å². The Kier molecular flexibility index (Phi) is 4.29. The van der Waals surface area contributed by atoms with Gasteiger partial charge in [0.2, 0.25) is 5.88 Å². The maximum Gasteiger partial charge on any atom is 0.267 e. The van der Waals surface area contributed by atoms with Crippen LogP contribution in [0.5, 0.6) is 5.88 Å². The van der Waals surface area contributed by atoms with E-state index in [1.54, 1.807) is 37.8 Å². The van der Waals surface area contributed by atoms with Gasteiger partial charge in [0, 0.05) is 24.0 Å². The van der Waals surface area contributed by atoms with Crippen molar-refractivity contribution in [3.8, 4) is 16.5 Å². The molecule has 0 saturated heterocycles. The van der Waals surface area contributed by atoms with Crippen molar-refractivity contribution < 1.29 is 9.53 Å². The first kappa shape index (κ1) is 15.1. The highest BCUT2D eigenvalue weighted by molar-refractivity contribution is 7.17. The molecule has 0 fully saturated rings. The van der Waals surface area contributed by atoms with E-state index in [0.29, 0.717) is 22.1 Å². The maximum atomic E-state index is 12.4. The molecule has 3 aromatic rings. The number of amides is 1.